The molecule has 0 saturated carbocycles. The van der Waals surface area contributed by atoms with Crippen molar-refractivity contribution in [3.63, 3.8) is 0 Å². The Labute approximate surface area is 112 Å². The van der Waals surface area contributed by atoms with E-state index in [1.54, 1.807) is 7.11 Å². The molecule has 2 rings (SSSR count). The first-order valence-electron chi connectivity index (χ1n) is 6.56. The molecule has 2 unspecified atom stereocenters. The van der Waals surface area contributed by atoms with Gasteiger partial charge < -0.3 is 10.5 Å². The summed E-state index contributed by atoms with van der Waals surface area (Å²) in [5.74, 6) is -0.908. The number of piperidine rings is 1. The predicted molar refractivity (Wildman–Crippen MR) is 69.8 cm³/mol. The van der Waals surface area contributed by atoms with Crippen molar-refractivity contribution in [1.29, 1.82) is 0 Å². The van der Waals surface area contributed by atoms with Crippen LogP contribution in [0.4, 0.5) is 8.78 Å². The van der Waals surface area contributed by atoms with Crippen LogP contribution in [-0.4, -0.2) is 37.7 Å². The maximum atomic E-state index is 13.6. The average molecular weight is 270 g/mol. The third-order valence-corrected chi connectivity index (χ3v) is 3.61. The van der Waals surface area contributed by atoms with Gasteiger partial charge in [0.15, 0.2) is 0 Å². The first kappa shape index (κ1) is 14.4. The summed E-state index contributed by atoms with van der Waals surface area (Å²) < 4.78 is 32.1. The highest BCUT2D eigenvalue weighted by Crippen LogP contribution is 2.20. The lowest BCUT2D eigenvalue weighted by molar-refractivity contribution is 0.0293. The van der Waals surface area contributed by atoms with Crippen LogP contribution in [0.15, 0.2) is 18.2 Å². The Balaban J connectivity index is 2.00. The second-order valence-corrected chi connectivity index (χ2v) is 5.03. The monoisotopic (exact) mass is 270 g/mol. The molecule has 19 heavy (non-hydrogen) atoms. The highest BCUT2D eigenvalue weighted by Gasteiger charge is 2.22. The first-order chi connectivity index (χ1) is 9.10. The van der Waals surface area contributed by atoms with Crippen molar-refractivity contribution in [3.05, 3.63) is 35.4 Å². The van der Waals surface area contributed by atoms with Crippen LogP contribution in [0.3, 0.4) is 0 Å². The molecule has 0 radical (unpaired) electrons. The number of nitrogens with two attached hydrogens (primary N) is 1. The number of hydrogen-bond donors (Lipinski definition) is 1. The second kappa shape index (κ2) is 6.41. The minimum absolute atomic E-state index is 0.207. The van der Waals surface area contributed by atoms with E-state index < -0.39 is 17.7 Å². The summed E-state index contributed by atoms with van der Waals surface area (Å²) in [6.07, 6.45) is 2.28. The van der Waals surface area contributed by atoms with Gasteiger partial charge in [0.1, 0.15) is 11.6 Å². The fraction of sp³-hybridized carbons (Fsp3) is 0.571. The van der Waals surface area contributed by atoms with Gasteiger partial charge in [0, 0.05) is 31.8 Å². The van der Waals surface area contributed by atoms with E-state index in [4.69, 9.17) is 10.5 Å². The molecule has 1 aliphatic rings. The summed E-state index contributed by atoms with van der Waals surface area (Å²) in [4.78, 5) is 2.15. The zero-order valence-corrected chi connectivity index (χ0v) is 11.1. The van der Waals surface area contributed by atoms with Crippen LogP contribution in [0.5, 0.6) is 0 Å². The van der Waals surface area contributed by atoms with Crippen molar-refractivity contribution in [2.45, 2.75) is 25.0 Å². The van der Waals surface area contributed by atoms with Gasteiger partial charge >= 0.3 is 0 Å². The van der Waals surface area contributed by atoms with Gasteiger partial charge in [0.05, 0.1) is 6.10 Å². The number of rotatable bonds is 4. The van der Waals surface area contributed by atoms with Gasteiger partial charge in [0.2, 0.25) is 0 Å². The van der Waals surface area contributed by atoms with Gasteiger partial charge in [-0.25, -0.2) is 8.78 Å². The van der Waals surface area contributed by atoms with Gasteiger partial charge in [-0.15, -0.1) is 0 Å². The molecule has 3 nitrogen and oxygen atoms in total. The van der Waals surface area contributed by atoms with Gasteiger partial charge in [0.25, 0.3) is 0 Å². The lowest BCUT2D eigenvalue weighted by Gasteiger charge is -2.33. The molecule has 2 N–H and O–H groups in total. The molecule has 0 spiro atoms. The van der Waals surface area contributed by atoms with Gasteiger partial charge in [-0.1, -0.05) is 0 Å². The highest BCUT2D eigenvalue weighted by atomic mass is 19.1. The van der Waals surface area contributed by atoms with Crippen LogP contribution in [0, 0.1) is 11.6 Å². The van der Waals surface area contributed by atoms with Crippen molar-refractivity contribution < 1.29 is 13.5 Å². The van der Waals surface area contributed by atoms with Crippen molar-refractivity contribution in [2.75, 3.05) is 26.7 Å². The van der Waals surface area contributed by atoms with Crippen molar-refractivity contribution in [1.82, 2.24) is 4.90 Å². The van der Waals surface area contributed by atoms with E-state index in [9.17, 15) is 8.78 Å². The molecule has 1 saturated heterocycles. The molecule has 0 bridgehead atoms. The van der Waals surface area contributed by atoms with E-state index >= 15 is 0 Å². The molecular formula is C14H20F2N2O. The lowest BCUT2D eigenvalue weighted by atomic mass is 10.0. The number of ether oxygens (including phenoxy) is 1. The molecule has 106 valence electrons. The van der Waals surface area contributed by atoms with Crippen LogP contribution >= 0.6 is 0 Å². The molecule has 1 aromatic carbocycles. The molecule has 1 aromatic rings. The smallest absolute Gasteiger partial charge is 0.128 e. The normalized spacial score (nSPS) is 22.4. The third kappa shape index (κ3) is 3.72. The van der Waals surface area contributed by atoms with Crippen LogP contribution in [0.2, 0.25) is 0 Å². The molecule has 1 aliphatic heterocycles. The van der Waals surface area contributed by atoms with E-state index in [0.717, 1.165) is 38.1 Å². The van der Waals surface area contributed by atoms with Gasteiger partial charge in [-0.3, -0.25) is 4.90 Å². The Morgan fingerprint density at radius 2 is 2.26 bits per heavy atom. The summed E-state index contributed by atoms with van der Waals surface area (Å²) in [7, 11) is 1.69. The molecule has 0 aromatic heterocycles. The zero-order chi connectivity index (χ0) is 13.8. The number of benzene rings is 1. The van der Waals surface area contributed by atoms with E-state index in [-0.39, 0.29) is 11.7 Å². The van der Waals surface area contributed by atoms with E-state index in [2.05, 4.69) is 4.90 Å². The molecule has 5 heteroatoms. The average Bonchev–Trinajstić information content (AvgIpc) is 2.41. The van der Waals surface area contributed by atoms with Crippen LogP contribution in [0.25, 0.3) is 0 Å². The summed E-state index contributed by atoms with van der Waals surface area (Å²) in [5, 5.41) is 0. The number of halogens is 2. The molecule has 1 fully saturated rings. The van der Waals surface area contributed by atoms with Crippen molar-refractivity contribution in [3.8, 4) is 0 Å². The number of nitrogens with zero attached hydrogens (tertiary/aromatic N) is 1. The summed E-state index contributed by atoms with van der Waals surface area (Å²) in [5.41, 5.74) is 6.23. The predicted octanol–water partition coefficient (Wildman–Crippen LogP) is 2.08. The van der Waals surface area contributed by atoms with Crippen molar-refractivity contribution >= 4 is 0 Å². The van der Waals surface area contributed by atoms with Gasteiger partial charge in [-0.05, 0) is 37.6 Å². The van der Waals surface area contributed by atoms with E-state index in [1.165, 1.54) is 6.07 Å². The standard InChI is InChI=1S/C14H20F2N2O/c1-19-11-3-2-6-18(8-11)9-14(17)12-7-10(15)4-5-13(12)16/h4-5,7,11,14H,2-3,6,8-9,17H2,1H3. The number of likely N-dealkylation sites (tertiary alicyclic amines) is 1. The minimum atomic E-state index is -0.522. The van der Waals surface area contributed by atoms with Crippen LogP contribution in [0.1, 0.15) is 24.4 Å². The first-order valence-corrected chi connectivity index (χ1v) is 6.56. The van der Waals surface area contributed by atoms with E-state index in [0.29, 0.717) is 6.54 Å². The van der Waals surface area contributed by atoms with Gasteiger partial charge in [-0.2, -0.15) is 0 Å². The maximum Gasteiger partial charge on any atom is 0.128 e. The number of hydrogen-bond acceptors (Lipinski definition) is 3. The summed E-state index contributed by atoms with van der Waals surface area (Å²) >= 11 is 0. The Kier molecular flexibility index (Phi) is 4.85. The zero-order valence-electron chi connectivity index (χ0n) is 11.1. The van der Waals surface area contributed by atoms with Crippen LogP contribution < -0.4 is 5.73 Å². The third-order valence-electron chi connectivity index (χ3n) is 3.61. The van der Waals surface area contributed by atoms with Crippen LogP contribution in [-0.2, 0) is 4.74 Å². The topological polar surface area (TPSA) is 38.5 Å². The van der Waals surface area contributed by atoms with Crippen molar-refractivity contribution in [2.24, 2.45) is 5.73 Å². The fourth-order valence-corrected chi connectivity index (χ4v) is 2.55. The lowest BCUT2D eigenvalue weighted by Crippen LogP contribution is -2.42. The Hall–Kier alpha value is -1.04. The Bertz CT molecular complexity index is 428. The molecule has 2 atom stereocenters. The minimum Gasteiger partial charge on any atom is -0.380 e. The largest absolute Gasteiger partial charge is 0.380 e. The van der Waals surface area contributed by atoms with E-state index in [1.807, 2.05) is 0 Å². The highest BCUT2D eigenvalue weighted by molar-refractivity contribution is 5.22. The molecule has 0 amide bonds. The Morgan fingerprint density at radius 1 is 1.47 bits per heavy atom. The maximum absolute atomic E-state index is 13.6. The quantitative estimate of drug-likeness (QED) is 0.910. The molecular weight excluding hydrogens is 250 g/mol. The summed E-state index contributed by atoms with van der Waals surface area (Å²) in [6.45, 7) is 2.23. The Morgan fingerprint density at radius 3 is 3.00 bits per heavy atom. The molecule has 0 aliphatic carbocycles. The fourth-order valence-electron chi connectivity index (χ4n) is 2.55. The second-order valence-electron chi connectivity index (χ2n) is 5.03. The SMILES string of the molecule is COC1CCCN(CC(N)c2cc(F)ccc2F)C1. The number of methoxy groups -OCH3 is 1. The molecule has 1 heterocycles. The summed E-state index contributed by atoms with van der Waals surface area (Å²) in [6, 6.07) is 2.88.